The number of nitrogens with zero attached hydrogens (tertiary/aromatic N) is 2. The highest BCUT2D eigenvalue weighted by atomic mass is 35.5. The number of hydrogen-bond acceptors (Lipinski definition) is 4. The molecule has 1 aliphatic carbocycles. The maximum Gasteiger partial charge on any atom is 0.305 e. The minimum absolute atomic E-state index is 0.0364. The molecule has 1 spiro atoms. The van der Waals surface area contributed by atoms with E-state index in [1.807, 2.05) is 6.92 Å². The van der Waals surface area contributed by atoms with Gasteiger partial charge in [0.15, 0.2) is 5.82 Å². The van der Waals surface area contributed by atoms with Crippen molar-refractivity contribution in [1.29, 1.82) is 0 Å². The Bertz CT molecular complexity index is 1250. The van der Waals surface area contributed by atoms with E-state index in [4.69, 9.17) is 21.7 Å². The SMILES string of the molecule is CC(C)C1CCC2(CC1)N=C(c1cccc(Cl)c1F)C(=O)N2C(C)c1ccc(C(=O)NCCC(=O)O)cc1. The molecule has 1 atom stereocenters. The minimum Gasteiger partial charge on any atom is -0.481 e. The molecule has 1 fully saturated rings. The standard InChI is InChI=1S/C29H33ClFN3O4/c1-17(2)19-11-14-29(15-12-19)33-26(22-5-4-6-23(30)25(22)31)28(38)34(29)18(3)20-7-9-21(10-8-20)27(37)32-16-13-24(35)36/h4-10,17-19H,11-16H2,1-3H3,(H,32,37)(H,35,36). The van der Waals surface area contributed by atoms with E-state index in [1.165, 1.54) is 12.1 Å². The fourth-order valence-electron chi connectivity index (χ4n) is 5.58. The summed E-state index contributed by atoms with van der Waals surface area (Å²) in [6.45, 7) is 6.37. The summed E-state index contributed by atoms with van der Waals surface area (Å²) >= 11 is 6.04. The summed E-state index contributed by atoms with van der Waals surface area (Å²) in [7, 11) is 0. The molecule has 7 nitrogen and oxygen atoms in total. The summed E-state index contributed by atoms with van der Waals surface area (Å²) in [5, 5.41) is 11.3. The lowest BCUT2D eigenvalue weighted by Crippen LogP contribution is -2.50. The van der Waals surface area contributed by atoms with Gasteiger partial charge in [-0.05, 0) is 74.3 Å². The third kappa shape index (κ3) is 5.46. The molecule has 1 saturated carbocycles. The quantitative estimate of drug-likeness (QED) is 0.453. The van der Waals surface area contributed by atoms with Crippen molar-refractivity contribution >= 4 is 35.1 Å². The van der Waals surface area contributed by atoms with Crippen molar-refractivity contribution in [3.8, 4) is 0 Å². The molecule has 4 rings (SSSR count). The normalized spacial score (nSPS) is 22.1. The molecule has 0 aromatic heterocycles. The molecule has 2 amide bonds. The molecule has 1 aliphatic heterocycles. The van der Waals surface area contributed by atoms with E-state index in [1.54, 1.807) is 35.2 Å². The summed E-state index contributed by atoms with van der Waals surface area (Å²) in [6.07, 6.45) is 3.04. The van der Waals surface area contributed by atoms with Gasteiger partial charge in [0.25, 0.3) is 11.8 Å². The van der Waals surface area contributed by atoms with Crippen LogP contribution in [0.1, 0.15) is 80.4 Å². The molecule has 2 aromatic carbocycles. The Morgan fingerprint density at radius 1 is 1.16 bits per heavy atom. The van der Waals surface area contributed by atoms with E-state index >= 15 is 4.39 Å². The van der Waals surface area contributed by atoms with Gasteiger partial charge < -0.3 is 15.3 Å². The van der Waals surface area contributed by atoms with Gasteiger partial charge in [-0.3, -0.25) is 19.4 Å². The number of aliphatic imine (C=N–C) groups is 1. The molecule has 2 aliphatic rings. The number of carbonyl (C=O) groups excluding carboxylic acids is 2. The van der Waals surface area contributed by atoms with Gasteiger partial charge in [-0.15, -0.1) is 0 Å². The van der Waals surface area contributed by atoms with Gasteiger partial charge in [-0.25, -0.2) is 4.39 Å². The van der Waals surface area contributed by atoms with Crippen LogP contribution in [0.3, 0.4) is 0 Å². The molecule has 2 aromatic rings. The average molecular weight is 542 g/mol. The first kappa shape index (κ1) is 27.8. The third-order valence-electron chi connectivity index (χ3n) is 7.84. The lowest BCUT2D eigenvalue weighted by molar-refractivity contribution is -0.137. The predicted octanol–water partition coefficient (Wildman–Crippen LogP) is 5.62. The number of carbonyl (C=O) groups is 3. The maximum absolute atomic E-state index is 15.0. The first-order valence-electron chi connectivity index (χ1n) is 13.0. The van der Waals surface area contributed by atoms with Crippen molar-refractivity contribution in [3.63, 3.8) is 0 Å². The molecule has 0 radical (unpaired) electrons. The molecule has 9 heteroatoms. The molecule has 1 heterocycles. The Labute approximate surface area is 227 Å². The summed E-state index contributed by atoms with van der Waals surface area (Å²) in [6, 6.07) is 11.1. The smallest absolute Gasteiger partial charge is 0.305 e. The number of nitrogens with one attached hydrogen (secondary N) is 1. The predicted molar refractivity (Wildman–Crippen MR) is 144 cm³/mol. The lowest BCUT2D eigenvalue weighted by Gasteiger charge is -2.45. The van der Waals surface area contributed by atoms with Crippen LogP contribution in [0, 0.1) is 17.7 Å². The second-order valence-electron chi connectivity index (χ2n) is 10.5. The van der Waals surface area contributed by atoms with E-state index in [-0.39, 0.29) is 47.1 Å². The summed E-state index contributed by atoms with van der Waals surface area (Å²) in [5.74, 6) is -1.28. The molecule has 0 bridgehead atoms. The van der Waals surface area contributed by atoms with Gasteiger partial charge in [-0.1, -0.05) is 43.6 Å². The van der Waals surface area contributed by atoms with E-state index in [0.29, 0.717) is 30.2 Å². The maximum atomic E-state index is 15.0. The molecule has 0 saturated heterocycles. The van der Waals surface area contributed by atoms with E-state index in [9.17, 15) is 14.4 Å². The zero-order valence-electron chi connectivity index (χ0n) is 21.8. The van der Waals surface area contributed by atoms with Gasteiger partial charge in [0.2, 0.25) is 0 Å². The Morgan fingerprint density at radius 3 is 2.42 bits per heavy atom. The summed E-state index contributed by atoms with van der Waals surface area (Å²) in [4.78, 5) is 43.7. The molecule has 2 N–H and O–H groups in total. The van der Waals surface area contributed by atoms with Crippen molar-refractivity contribution in [2.75, 3.05) is 6.54 Å². The first-order valence-corrected chi connectivity index (χ1v) is 13.4. The second kappa shape index (κ2) is 11.2. The van der Waals surface area contributed by atoms with Crippen molar-refractivity contribution in [2.45, 2.75) is 64.6 Å². The monoisotopic (exact) mass is 541 g/mol. The van der Waals surface area contributed by atoms with Crippen molar-refractivity contribution in [2.24, 2.45) is 16.8 Å². The number of halogens is 2. The topological polar surface area (TPSA) is 99.1 Å². The van der Waals surface area contributed by atoms with Crippen LogP contribution >= 0.6 is 11.6 Å². The number of rotatable bonds is 8. The number of aliphatic carboxylic acids is 1. The van der Waals surface area contributed by atoms with Gasteiger partial charge in [0.05, 0.1) is 17.5 Å². The Hall–Kier alpha value is -3.26. The van der Waals surface area contributed by atoms with Crippen LogP contribution < -0.4 is 5.32 Å². The van der Waals surface area contributed by atoms with Crippen LogP contribution in [0.2, 0.25) is 5.02 Å². The molecular formula is C29H33ClFN3O4. The van der Waals surface area contributed by atoms with Crippen LogP contribution in [-0.2, 0) is 9.59 Å². The highest BCUT2D eigenvalue weighted by Crippen LogP contribution is 2.47. The molecule has 38 heavy (non-hydrogen) atoms. The number of carboxylic acids is 1. The number of carboxylic acid groups (broad SMARTS) is 1. The summed E-state index contributed by atoms with van der Waals surface area (Å²) in [5.41, 5.74) is 0.627. The Balaban J connectivity index is 1.63. The van der Waals surface area contributed by atoms with Crippen LogP contribution in [0.25, 0.3) is 0 Å². The lowest BCUT2D eigenvalue weighted by atomic mass is 9.76. The first-order chi connectivity index (χ1) is 18.0. The second-order valence-corrected chi connectivity index (χ2v) is 10.9. The van der Waals surface area contributed by atoms with Gasteiger partial charge in [0.1, 0.15) is 11.4 Å². The highest BCUT2D eigenvalue weighted by molar-refractivity contribution is 6.47. The number of amides is 2. The molecule has 202 valence electrons. The highest BCUT2D eigenvalue weighted by Gasteiger charge is 2.51. The van der Waals surface area contributed by atoms with Crippen molar-refractivity contribution in [3.05, 3.63) is 70.0 Å². The fraction of sp³-hybridized carbons (Fsp3) is 0.448. The van der Waals surface area contributed by atoms with E-state index in [2.05, 4.69) is 19.2 Å². The van der Waals surface area contributed by atoms with Crippen molar-refractivity contribution in [1.82, 2.24) is 10.2 Å². The molecular weight excluding hydrogens is 509 g/mol. The van der Waals surface area contributed by atoms with Gasteiger partial charge in [0, 0.05) is 17.7 Å². The zero-order valence-corrected chi connectivity index (χ0v) is 22.6. The number of hydrogen-bond donors (Lipinski definition) is 2. The van der Waals surface area contributed by atoms with Crippen LogP contribution in [0.4, 0.5) is 4.39 Å². The van der Waals surface area contributed by atoms with Crippen molar-refractivity contribution < 1.29 is 23.9 Å². The molecule has 1 unspecified atom stereocenters. The third-order valence-corrected chi connectivity index (χ3v) is 8.13. The van der Waals surface area contributed by atoms with Crippen LogP contribution in [-0.4, -0.2) is 45.7 Å². The average Bonchev–Trinajstić information content (AvgIpc) is 3.16. The Kier molecular flexibility index (Phi) is 8.21. The zero-order chi connectivity index (χ0) is 27.6. The van der Waals surface area contributed by atoms with Crippen LogP contribution in [0.5, 0.6) is 0 Å². The number of benzene rings is 2. The largest absolute Gasteiger partial charge is 0.481 e. The van der Waals surface area contributed by atoms with Gasteiger partial charge >= 0.3 is 5.97 Å². The van der Waals surface area contributed by atoms with Crippen LogP contribution in [0.15, 0.2) is 47.5 Å². The van der Waals surface area contributed by atoms with E-state index in [0.717, 1.165) is 18.4 Å². The Morgan fingerprint density at radius 2 is 1.82 bits per heavy atom. The minimum atomic E-state index is -0.986. The summed E-state index contributed by atoms with van der Waals surface area (Å²) < 4.78 is 15.0. The fourth-order valence-corrected chi connectivity index (χ4v) is 5.75. The van der Waals surface area contributed by atoms with E-state index < -0.39 is 17.4 Å². The van der Waals surface area contributed by atoms with Gasteiger partial charge in [-0.2, -0.15) is 0 Å².